The second-order valence-electron chi connectivity index (χ2n) is 5.42. The Hall–Kier alpha value is -0.650. The lowest BCUT2D eigenvalue weighted by molar-refractivity contribution is -0.178. The molecule has 5 heteroatoms. The van der Waals surface area contributed by atoms with Gasteiger partial charge in [-0.1, -0.05) is 6.92 Å². The third-order valence-electron chi connectivity index (χ3n) is 4.28. The van der Waals surface area contributed by atoms with Crippen LogP contribution in [0.2, 0.25) is 0 Å². The summed E-state index contributed by atoms with van der Waals surface area (Å²) in [6.07, 6.45) is 5.27. The number of nitrogens with zero attached hydrogens (tertiary/aromatic N) is 2. The summed E-state index contributed by atoms with van der Waals surface area (Å²) in [7, 11) is 2.16. The van der Waals surface area contributed by atoms with Crippen LogP contribution in [0, 0.1) is 0 Å². The minimum absolute atomic E-state index is 0.255. The summed E-state index contributed by atoms with van der Waals surface area (Å²) in [5, 5.41) is 3.31. The number of rotatable bonds is 3. The van der Waals surface area contributed by atoms with E-state index >= 15 is 0 Å². The molecule has 0 bridgehead atoms. The van der Waals surface area contributed by atoms with Crippen molar-refractivity contribution in [2.75, 3.05) is 25.2 Å². The van der Waals surface area contributed by atoms with Crippen molar-refractivity contribution in [2.45, 2.75) is 50.9 Å². The van der Waals surface area contributed by atoms with E-state index in [1.165, 1.54) is 5.69 Å². The Kier molecular flexibility index (Phi) is 3.78. The molecular formula is C14H22N2O2S. The molecule has 0 N–H and O–H groups in total. The van der Waals surface area contributed by atoms with E-state index in [9.17, 15) is 0 Å². The molecular weight excluding hydrogens is 260 g/mol. The molecule has 1 aromatic rings. The molecule has 2 fully saturated rings. The number of thiazole rings is 1. The predicted molar refractivity (Wildman–Crippen MR) is 76.8 cm³/mol. The van der Waals surface area contributed by atoms with Gasteiger partial charge in [0.2, 0.25) is 0 Å². The Bertz CT molecular complexity index is 419. The van der Waals surface area contributed by atoms with Gasteiger partial charge in [0, 0.05) is 31.3 Å². The van der Waals surface area contributed by atoms with Crippen molar-refractivity contribution in [1.82, 2.24) is 4.98 Å². The first-order chi connectivity index (χ1) is 9.22. The predicted octanol–water partition coefficient (Wildman–Crippen LogP) is 2.83. The van der Waals surface area contributed by atoms with Gasteiger partial charge in [0.25, 0.3) is 0 Å². The average Bonchev–Trinajstić information content (AvgIpc) is 3.08. The van der Waals surface area contributed by atoms with Gasteiger partial charge in [-0.2, -0.15) is 0 Å². The Labute approximate surface area is 118 Å². The molecule has 1 aliphatic carbocycles. The maximum atomic E-state index is 5.78. The van der Waals surface area contributed by atoms with E-state index in [1.54, 1.807) is 11.3 Å². The van der Waals surface area contributed by atoms with Crippen molar-refractivity contribution in [3.05, 3.63) is 11.1 Å². The standard InChI is InChI=1S/C14H22N2O2S/c1-3-11-10-19-13(15-11)16(2)12-4-6-14(7-5-12)17-8-9-18-14/h10,12H,3-9H2,1-2H3. The van der Waals surface area contributed by atoms with E-state index < -0.39 is 0 Å². The number of aromatic nitrogens is 1. The molecule has 4 nitrogen and oxygen atoms in total. The van der Waals surface area contributed by atoms with Crippen molar-refractivity contribution < 1.29 is 9.47 Å². The highest BCUT2D eigenvalue weighted by molar-refractivity contribution is 7.13. The summed E-state index contributed by atoms with van der Waals surface area (Å²) in [5.41, 5.74) is 1.20. The van der Waals surface area contributed by atoms with E-state index in [0.29, 0.717) is 6.04 Å². The minimum atomic E-state index is -0.255. The zero-order valence-corrected chi connectivity index (χ0v) is 12.5. The fraction of sp³-hybridized carbons (Fsp3) is 0.786. The third-order valence-corrected chi connectivity index (χ3v) is 5.26. The van der Waals surface area contributed by atoms with Gasteiger partial charge in [-0.25, -0.2) is 4.98 Å². The maximum absolute atomic E-state index is 5.78. The lowest BCUT2D eigenvalue weighted by Crippen LogP contribution is -2.42. The quantitative estimate of drug-likeness (QED) is 0.854. The van der Waals surface area contributed by atoms with Crippen molar-refractivity contribution in [3.63, 3.8) is 0 Å². The van der Waals surface area contributed by atoms with Gasteiger partial charge < -0.3 is 14.4 Å². The van der Waals surface area contributed by atoms with Crippen molar-refractivity contribution in [3.8, 4) is 0 Å². The van der Waals surface area contributed by atoms with Crippen LogP contribution in [0.3, 0.4) is 0 Å². The highest BCUT2D eigenvalue weighted by atomic mass is 32.1. The monoisotopic (exact) mass is 282 g/mol. The van der Waals surface area contributed by atoms with E-state index in [2.05, 4.69) is 29.2 Å². The minimum Gasteiger partial charge on any atom is -0.348 e. The average molecular weight is 282 g/mol. The van der Waals surface area contributed by atoms with Crippen LogP contribution in [0.25, 0.3) is 0 Å². The highest BCUT2D eigenvalue weighted by Crippen LogP contribution is 2.38. The van der Waals surface area contributed by atoms with Crippen LogP contribution in [0.1, 0.15) is 38.3 Å². The lowest BCUT2D eigenvalue weighted by atomic mass is 9.89. The summed E-state index contributed by atoms with van der Waals surface area (Å²) in [4.78, 5) is 7.01. The molecule has 1 saturated carbocycles. The molecule has 3 rings (SSSR count). The Morgan fingerprint density at radius 1 is 1.37 bits per heavy atom. The summed E-state index contributed by atoms with van der Waals surface area (Å²) in [6, 6.07) is 0.564. The molecule has 1 aromatic heterocycles. The molecule has 1 saturated heterocycles. The zero-order valence-electron chi connectivity index (χ0n) is 11.7. The molecule has 1 spiro atoms. The lowest BCUT2D eigenvalue weighted by Gasteiger charge is -2.38. The van der Waals surface area contributed by atoms with Gasteiger partial charge >= 0.3 is 0 Å². The topological polar surface area (TPSA) is 34.6 Å². The molecule has 0 amide bonds. The first-order valence-electron chi connectivity index (χ1n) is 7.17. The molecule has 0 unspecified atom stereocenters. The SMILES string of the molecule is CCc1csc(N(C)C2CCC3(CC2)OCCO3)n1. The van der Waals surface area contributed by atoms with Crippen LogP contribution in [0.4, 0.5) is 5.13 Å². The molecule has 19 heavy (non-hydrogen) atoms. The molecule has 106 valence electrons. The van der Waals surface area contributed by atoms with E-state index in [1.807, 2.05) is 0 Å². The second kappa shape index (κ2) is 5.38. The maximum Gasteiger partial charge on any atom is 0.185 e. The van der Waals surface area contributed by atoms with Gasteiger partial charge in [0.05, 0.1) is 18.9 Å². The number of ether oxygens (including phenoxy) is 2. The summed E-state index contributed by atoms with van der Waals surface area (Å²) >= 11 is 1.75. The van der Waals surface area contributed by atoms with Gasteiger partial charge in [-0.15, -0.1) is 11.3 Å². The molecule has 0 aromatic carbocycles. The molecule has 2 aliphatic rings. The second-order valence-corrected chi connectivity index (χ2v) is 6.26. The Morgan fingerprint density at radius 2 is 2.05 bits per heavy atom. The third kappa shape index (κ3) is 2.64. The van der Waals surface area contributed by atoms with Crippen LogP contribution >= 0.6 is 11.3 Å². The molecule has 0 radical (unpaired) electrons. The summed E-state index contributed by atoms with van der Waals surface area (Å²) < 4.78 is 11.6. The van der Waals surface area contributed by atoms with Gasteiger partial charge in [0.15, 0.2) is 10.9 Å². The number of hydrogen-bond donors (Lipinski definition) is 0. The smallest absolute Gasteiger partial charge is 0.185 e. The first-order valence-corrected chi connectivity index (χ1v) is 8.05. The largest absolute Gasteiger partial charge is 0.348 e. The number of hydrogen-bond acceptors (Lipinski definition) is 5. The van der Waals surface area contributed by atoms with E-state index in [4.69, 9.17) is 9.47 Å². The van der Waals surface area contributed by atoms with Crippen molar-refractivity contribution >= 4 is 16.5 Å². The number of aryl methyl sites for hydroxylation is 1. The van der Waals surface area contributed by atoms with Crippen LogP contribution in [-0.2, 0) is 15.9 Å². The Morgan fingerprint density at radius 3 is 2.63 bits per heavy atom. The molecule has 0 atom stereocenters. The molecule has 1 aliphatic heterocycles. The van der Waals surface area contributed by atoms with Crippen molar-refractivity contribution in [2.24, 2.45) is 0 Å². The summed E-state index contributed by atoms with van der Waals surface area (Å²) in [6.45, 7) is 3.66. The van der Waals surface area contributed by atoms with Crippen molar-refractivity contribution in [1.29, 1.82) is 0 Å². The normalized spacial score (nSPS) is 23.1. The van der Waals surface area contributed by atoms with Gasteiger partial charge in [-0.05, 0) is 19.3 Å². The van der Waals surface area contributed by atoms with Crippen LogP contribution in [0.5, 0.6) is 0 Å². The first kappa shape index (κ1) is 13.3. The number of anilines is 1. The highest BCUT2D eigenvalue weighted by Gasteiger charge is 2.41. The Balaban J connectivity index is 1.61. The fourth-order valence-electron chi connectivity index (χ4n) is 2.99. The summed E-state index contributed by atoms with van der Waals surface area (Å²) in [5.74, 6) is -0.255. The van der Waals surface area contributed by atoms with Crippen LogP contribution < -0.4 is 4.90 Å². The fourth-order valence-corrected chi connectivity index (χ4v) is 3.94. The molecule has 2 heterocycles. The van der Waals surface area contributed by atoms with Gasteiger partial charge in [-0.3, -0.25) is 0 Å². The van der Waals surface area contributed by atoms with E-state index in [-0.39, 0.29) is 5.79 Å². The van der Waals surface area contributed by atoms with Crippen LogP contribution in [-0.4, -0.2) is 37.1 Å². The van der Waals surface area contributed by atoms with Crippen LogP contribution in [0.15, 0.2) is 5.38 Å². The van der Waals surface area contributed by atoms with E-state index in [0.717, 1.165) is 50.4 Å². The zero-order chi connectivity index (χ0) is 13.3. The van der Waals surface area contributed by atoms with Gasteiger partial charge in [0.1, 0.15) is 0 Å².